The van der Waals surface area contributed by atoms with Gasteiger partial charge in [-0.15, -0.1) is 0 Å². The Morgan fingerprint density at radius 1 is 0.914 bits per heavy atom. The Labute approximate surface area is 207 Å². The molecule has 0 bridgehead atoms. The molecule has 3 atom stereocenters. The van der Waals surface area contributed by atoms with Crippen LogP contribution in [0.4, 0.5) is 5.69 Å². The van der Waals surface area contributed by atoms with Gasteiger partial charge in [-0.3, -0.25) is 9.59 Å². The molecule has 7 heteroatoms. The zero-order valence-electron chi connectivity index (χ0n) is 20.3. The van der Waals surface area contributed by atoms with E-state index >= 15 is 0 Å². The summed E-state index contributed by atoms with van der Waals surface area (Å²) in [6.07, 6.45) is 4.94. The van der Waals surface area contributed by atoms with Crippen LogP contribution in [0, 0.1) is 0 Å². The summed E-state index contributed by atoms with van der Waals surface area (Å²) in [7, 11) is 0. The normalized spacial score (nSPS) is 22.9. The van der Waals surface area contributed by atoms with Gasteiger partial charge in [0.1, 0.15) is 6.10 Å². The van der Waals surface area contributed by atoms with Crippen molar-refractivity contribution in [2.75, 3.05) is 31.6 Å². The number of likely N-dealkylation sites (tertiary alicyclic amines) is 1. The first-order valence-electron chi connectivity index (χ1n) is 12.8. The lowest BCUT2D eigenvalue weighted by atomic mass is 9.96. The molecule has 2 aromatic carbocycles. The molecule has 2 fully saturated rings. The van der Waals surface area contributed by atoms with Crippen LogP contribution in [0.15, 0.2) is 54.6 Å². The largest absolute Gasteiger partial charge is 0.394 e. The number of hydrogen-bond acceptors (Lipinski definition) is 5. The predicted molar refractivity (Wildman–Crippen MR) is 137 cm³/mol. The van der Waals surface area contributed by atoms with E-state index in [1.807, 2.05) is 42.5 Å². The van der Waals surface area contributed by atoms with Crippen molar-refractivity contribution in [3.8, 4) is 11.1 Å². The molecule has 2 aliphatic heterocycles. The third kappa shape index (κ3) is 7.62. The molecule has 0 aromatic heterocycles. The maximum absolute atomic E-state index is 12.6. The van der Waals surface area contributed by atoms with Crippen molar-refractivity contribution in [1.29, 1.82) is 0 Å². The number of carbonyl (C=O) groups excluding carboxylic acids is 2. The van der Waals surface area contributed by atoms with Gasteiger partial charge in [0.15, 0.2) is 0 Å². The standard InChI is InChI=1S/C28H37N3O4/c32-20-26-25(30-27(33)15-18-31-16-5-2-6-17-31)14-13-24(35-26)19-28(34)29-23-11-9-22(10-12-23)21-7-3-1-4-8-21/h1,3-4,7-12,24-26,32H,2,5-6,13-20H2,(H,29,34)(H,30,33)/t24-,25-,26+/m1/s1. The lowest BCUT2D eigenvalue weighted by Gasteiger charge is -2.36. The van der Waals surface area contributed by atoms with Crippen LogP contribution in [-0.4, -0.2) is 66.3 Å². The smallest absolute Gasteiger partial charge is 0.226 e. The van der Waals surface area contributed by atoms with Gasteiger partial charge in [0.2, 0.25) is 11.8 Å². The quantitative estimate of drug-likeness (QED) is 0.511. The third-order valence-corrected chi connectivity index (χ3v) is 6.93. The Kier molecular flexibility index (Phi) is 9.28. The number of aliphatic hydroxyl groups excluding tert-OH is 1. The Balaban J connectivity index is 1.20. The van der Waals surface area contributed by atoms with Crippen molar-refractivity contribution in [1.82, 2.24) is 10.2 Å². The summed E-state index contributed by atoms with van der Waals surface area (Å²) in [5.41, 5.74) is 2.96. The molecule has 35 heavy (non-hydrogen) atoms. The number of piperidine rings is 1. The van der Waals surface area contributed by atoms with Crippen LogP contribution in [0.1, 0.15) is 44.9 Å². The molecule has 4 rings (SSSR count). The molecule has 0 spiro atoms. The maximum Gasteiger partial charge on any atom is 0.226 e. The summed E-state index contributed by atoms with van der Waals surface area (Å²) >= 11 is 0. The fourth-order valence-electron chi connectivity index (χ4n) is 4.96. The first kappa shape index (κ1) is 25.4. The van der Waals surface area contributed by atoms with E-state index in [1.165, 1.54) is 19.3 Å². The predicted octanol–water partition coefficient (Wildman–Crippen LogP) is 3.58. The third-order valence-electron chi connectivity index (χ3n) is 6.93. The minimum absolute atomic E-state index is 0.00207. The summed E-state index contributed by atoms with van der Waals surface area (Å²) < 4.78 is 5.99. The highest BCUT2D eigenvalue weighted by atomic mass is 16.5. The molecule has 0 aliphatic carbocycles. The molecule has 2 aliphatic rings. The number of anilines is 1. The number of aliphatic hydroxyl groups is 1. The molecule has 2 saturated heterocycles. The minimum Gasteiger partial charge on any atom is -0.394 e. The number of ether oxygens (including phenoxy) is 1. The van der Waals surface area contributed by atoms with Crippen molar-refractivity contribution in [3.63, 3.8) is 0 Å². The first-order valence-corrected chi connectivity index (χ1v) is 12.8. The zero-order chi connectivity index (χ0) is 24.5. The van der Waals surface area contributed by atoms with Crippen LogP contribution >= 0.6 is 0 Å². The van der Waals surface area contributed by atoms with Crippen molar-refractivity contribution >= 4 is 17.5 Å². The maximum atomic E-state index is 12.6. The summed E-state index contributed by atoms with van der Waals surface area (Å²) in [5, 5.41) is 15.8. The Bertz CT molecular complexity index is 944. The van der Waals surface area contributed by atoms with Crippen molar-refractivity contribution in [2.24, 2.45) is 0 Å². The van der Waals surface area contributed by atoms with Gasteiger partial charge in [-0.2, -0.15) is 0 Å². The topological polar surface area (TPSA) is 90.9 Å². The fourth-order valence-corrected chi connectivity index (χ4v) is 4.96. The second-order valence-corrected chi connectivity index (χ2v) is 9.58. The Morgan fingerprint density at radius 2 is 1.63 bits per heavy atom. The number of nitrogens with one attached hydrogen (secondary N) is 2. The van der Waals surface area contributed by atoms with E-state index in [2.05, 4.69) is 27.7 Å². The van der Waals surface area contributed by atoms with Gasteiger partial charge < -0.3 is 25.4 Å². The lowest BCUT2D eigenvalue weighted by molar-refractivity contribution is -0.133. The second-order valence-electron chi connectivity index (χ2n) is 9.58. The van der Waals surface area contributed by atoms with Crippen LogP contribution in [0.3, 0.4) is 0 Å². The van der Waals surface area contributed by atoms with E-state index in [9.17, 15) is 14.7 Å². The molecule has 7 nitrogen and oxygen atoms in total. The highest BCUT2D eigenvalue weighted by molar-refractivity contribution is 5.91. The summed E-state index contributed by atoms with van der Waals surface area (Å²) in [6, 6.07) is 17.6. The Morgan fingerprint density at radius 3 is 2.34 bits per heavy atom. The first-order chi connectivity index (χ1) is 17.1. The SMILES string of the molecule is O=C(C[C@H]1CC[C@@H](NC(=O)CCN2CCCCC2)[C@H](CO)O1)Nc1ccc(-c2ccccc2)cc1. The number of amides is 2. The Hall–Kier alpha value is -2.74. The van der Waals surface area contributed by atoms with E-state index < -0.39 is 6.10 Å². The number of benzene rings is 2. The number of rotatable bonds is 9. The molecule has 3 N–H and O–H groups in total. The highest BCUT2D eigenvalue weighted by Gasteiger charge is 2.32. The molecule has 2 heterocycles. The van der Waals surface area contributed by atoms with Crippen LogP contribution < -0.4 is 10.6 Å². The molecular formula is C28H37N3O4. The lowest BCUT2D eigenvalue weighted by Crippen LogP contribution is -2.51. The van der Waals surface area contributed by atoms with Gasteiger partial charge in [0.05, 0.1) is 25.2 Å². The summed E-state index contributed by atoms with van der Waals surface area (Å²) in [6.45, 7) is 2.73. The summed E-state index contributed by atoms with van der Waals surface area (Å²) in [4.78, 5) is 27.4. The molecular weight excluding hydrogens is 442 g/mol. The van der Waals surface area contributed by atoms with Gasteiger partial charge in [-0.05, 0) is 62.0 Å². The van der Waals surface area contributed by atoms with Gasteiger partial charge >= 0.3 is 0 Å². The minimum atomic E-state index is -0.495. The van der Waals surface area contributed by atoms with Crippen molar-refractivity contribution in [2.45, 2.75) is 63.2 Å². The van der Waals surface area contributed by atoms with Crippen LogP contribution in [0.2, 0.25) is 0 Å². The molecule has 0 saturated carbocycles. The molecule has 2 aromatic rings. The van der Waals surface area contributed by atoms with Crippen molar-refractivity contribution in [3.05, 3.63) is 54.6 Å². The van der Waals surface area contributed by atoms with E-state index in [0.717, 1.165) is 36.4 Å². The van der Waals surface area contributed by atoms with Crippen molar-refractivity contribution < 1.29 is 19.4 Å². The second kappa shape index (κ2) is 12.8. The fraction of sp³-hybridized carbons (Fsp3) is 0.500. The summed E-state index contributed by atoms with van der Waals surface area (Å²) in [5.74, 6) is -0.124. The van der Waals surface area contributed by atoms with Gasteiger partial charge in [-0.25, -0.2) is 0 Å². The van der Waals surface area contributed by atoms with Gasteiger partial charge in [0, 0.05) is 18.7 Å². The number of carbonyl (C=O) groups is 2. The molecule has 0 unspecified atom stereocenters. The molecule has 188 valence electrons. The average Bonchev–Trinajstić information content (AvgIpc) is 2.90. The van der Waals surface area contributed by atoms with E-state index in [4.69, 9.17) is 4.74 Å². The highest BCUT2D eigenvalue weighted by Crippen LogP contribution is 2.24. The average molecular weight is 480 g/mol. The van der Waals surface area contributed by atoms with Crippen LogP contribution in [0.5, 0.6) is 0 Å². The molecule has 0 radical (unpaired) electrons. The molecule has 2 amide bonds. The van der Waals surface area contributed by atoms with Gasteiger partial charge in [-0.1, -0.05) is 48.9 Å². The van der Waals surface area contributed by atoms with Crippen LogP contribution in [0.25, 0.3) is 11.1 Å². The van der Waals surface area contributed by atoms with Crippen LogP contribution in [-0.2, 0) is 14.3 Å². The van der Waals surface area contributed by atoms with E-state index in [-0.39, 0.29) is 37.0 Å². The number of nitrogens with zero attached hydrogens (tertiary/aromatic N) is 1. The van der Waals surface area contributed by atoms with E-state index in [0.29, 0.717) is 19.3 Å². The monoisotopic (exact) mass is 479 g/mol. The van der Waals surface area contributed by atoms with E-state index in [1.54, 1.807) is 0 Å². The number of hydrogen-bond donors (Lipinski definition) is 3. The zero-order valence-corrected chi connectivity index (χ0v) is 20.3. The van der Waals surface area contributed by atoms with Gasteiger partial charge in [0.25, 0.3) is 0 Å².